The van der Waals surface area contributed by atoms with Crippen LogP contribution in [0.2, 0.25) is 5.02 Å². The second-order valence-electron chi connectivity index (χ2n) is 4.60. The molecule has 0 unspecified atom stereocenters. The average molecular weight is 270 g/mol. The highest BCUT2D eigenvalue weighted by Crippen LogP contribution is 2.26. The highest BCUT2D eigenvalue weighted by Gasteiger charge is 2.12. The van der Waals surface area contributed by atoms with E-state index in [2.05, 4.69) is 19.2 Å². The molecule has 1 rings (SSSR count). The van der Waals surface area contributed by atoms with Gasteiger partial charge in [0.2, 0.25) is 5.91 Å². The van der Waals surface area contributed by atoms with Gasteiger partial charge in [-0.1, -0.05) is 31.5 Å². The number of likely N-dealkylation sites (N-methyl/N-ethyl adjacent to an activating group) is 1. The molecule has 100 valence electrons. The SMILES string of the molecule is CC(C)NCc1c(Cl)cccc1N(C)CC(N)=O. The van der Waals surface area contributed by atoms with Crippen molar-refractivity contribution >= 4 is 23.2 Å². The average Bonchev–Trinajstić information content (AvgIpc) is 2.25. The van der Waals surface area contributed by atoms with Gasteiger partial charge in [-0.25, -0.2) is 0 Å². The normalized spacial score (nSPS) is 10.7. The van der Waals surface area contributed by atoms with Crippen molar-refractivity contribution in [3.05, 3.63) is 28.8 Å². The van der Waals surface area contributed by atoms with E-state index in [1.807, 2.05) is 30.1 Å². The van der Waals surface area contributed by atoms with Crippen LogP contribution in [0.5, 0.6) is 0 Å². The summed E-state index contributed by atoms with van der Waals surface area (Å²) in [6.07, 6.45) is 0. The van der Waals surface area contributed by atoms with Gasteiger partial charge in [0.05, 0.1) is 6.54 Å². The molecule has 0 aliphatic heterocycles. The van der Waals surface area contributed by atoms with Crippen molar-refractivity contribution in [1.29, 1.82) is 0 Å². The molecular weight excluding hydrogens is 250 g/mol. The van der Waals surface area contributed by atoms with Crippen molar-refractivity contribution in [2.24, 2.45) is 5.73 Å². The Morgan fingerprint density at radius 2 is 2.17 bits per heavy atom. The lowest BCUT2D eigenvalue weighted by molar-refractivity contribution is -0.116. The fraction of sp³-hybridized carbons (Fsp3) is 0.462. The first-order valence-electron chi connectivity index (χ1n) is 5.92. The van der Waals surface area contributed by atoms with Crippen LogP contribution < -0.4 is 16.0 Å². The van der Waals surface area contributed by atoms with E-state index >= 15 is 0 Å². The molecule has 0 saturated heterocycles. The number of nitrogens with one attached hydrogen (secondary N) is 1. The summed E-state index contributed by atoms with van der Waals surface area (Å²) in [5, 5.41) is 4.02. The molecule has 1 aromatic rings. The number of anilines is 1. The number of nitrogens with zero attached hydrogens (tertiary/aromatic N) is 1. The second-order valence-corrected chi connectivity index (χ2v) is 5.00. The zero-order valence-corrected chi connectivity index (χ0v) is 11.8. The van der Waals surface area contributed by atoms with Gasteiger partial charge in [0.15, 0.2) is 0 Å². The van der Waals surface area contributed by atoms with Crippen LogP contribution in [-0.2, 0) is 11.3 Å². The third-order valence-electron chi connectivity index (χ3n) is 2.59. The summed E-state index contributed by atoms with van der Waals surface area (Å²) in [5.74, 6) is -0.361. The predicted octanol–water partition coefficient (Wildman–Crippen LogP) is 1.76. The van der Waals surface area contributed by atoms with Crippen molar-refractivity contribution in [3.8, 4) is 0 Å². The zero-order chi connectivity index (χ0) is 13.7. The van der Waals surface area contributed by atoms with Crippen molar-refractivity contribution in [3.63, 3.8) is 0 Å². The van der Waals surface area contributed by atoms with E-state index in [4.69, 9.17) is 17.3 Å². The second kappa shape index (κ2) is 6.61. The summed E-state index contributed by atoms with van der Waals surface area (Å²) in [7, 11) is 1.83. The number of carbonyl (C=O) groups excluding carboxylic acids is 1. The maximum Gasteiger partial charge on any atom is 0.236 e. The van der Waals surface area contributed by atoms with E-state index in [9.17, 15) is 4.79 Å². The van der Waals surface area contributed by atoms with E-state index in [1.165, 1.54) is 0 Å². The summed E-state index contributed by atoms with van der Waals surface area (Å²) in [6.45, 7) is 4.98. The standard InChI is InChI=1S/C13H20ClN3O/c1-9(2)16-7-10-11(14)5-4-6-12(10)17(3)8-13(15)18/h4-6,9,16H,7-8H2,1-3H3,(H2,15,18). The number of hydrogen-bond acceptors (Lipinski definition) is 3. The molecule has 0 aromatic heterocycles. The Kier molecular flexibility index (Phi) is 5.44. The molecule has 3 N–H and O–H groups in total. The number of amides is 1. The zero-order valence-electron chi connectivity index (χ0n) is 11.0. The lowest BCUT2D eigenvalue weighted by Crippen LogP contribution is -2.32. The molecule has 1 aromatic carbocycles. The number of primary amides is 1. The van der Waals surface area contributed by atoms with Crippen molar-refractivity contribution in [2.45, 2.75) is 26.4 Å². The molecule has 5 heteroatoms. The molecule has 4 nitrogen and oxygen atoms in total. The largest absolute Gasteiger partial charge is 0.368 e. The van der Waals surface area contributed by atoms with Crippen LogP contribution in [0.4, 0.5) is 5.69 Å². The summed E-state index contributed by atoms with van der Waals surface area (Å²) in [4.78, 5) is 12.8. The first-order valence-corrected chi connectivity index (χ1v) is 6.29. The lowest BCUT2D eigenvalue weighted by atomic mass is 10.1. The minimum atomic E-state index is -0.361. The molecular formula is C13H20ClN3O. The van der Waals surface area contributed by atoms with Gasteiger partial charge in [0, 0.05) is 35.9 Å². The van der Waals surface area contributed by atoms with Crippen molar-refractivity contribution < 1.29 is 4.79 Å². The van der Waals surface area contributed by atoms with Gasteiger partial charge in [-0.05, 0) is 12.1 Å². The molecule has 0 heterocycles. The van der Waals surface area contributed by atoms with E-state index in [-0.39, 0.29) is 12.5 Å². The monoisotopic (exact) mass is 269 g/mol. The quantitative estimate of drug-likeness (QED) is 0.827. The van der Waals surface area contributed by atoms with E-state index < -0.39 is 0 Å². The number of nitrogens with two attached hydrogens (primary N) is 1. The fourth-order valence-electron chi connectivity index (χ4n) is 1.71. The Morgan fingerprint density at radius 3 is 2.72 bits per heavy atom. The third kappa shape index (κ3) is 4.20. The number of carbonyl (C=O) groups is 1. The van der Waals surface area contributed by atoms with E-state index in [0.717, 1.165) is 11.3 Å². The minimum absolute atomic E-state index is 0.176. The van der Waals surface area contributed by atoms with Gasteiger partial charge in [0.1, 0.15) is 0 Å². The first kappa shape index (κ1) is 14.8. The highest BCUT2D eigenvalue weighted by atomic mass is 35.5. The van der Waals surface area contributed by atoms with E-state index in [1.54, 1.807) is 0 Å². The molecule has 0 atom stereocenters. The highest BCUT2D eigenvalue weighted by molar-refractivity contribution is 6.31. The lowest BCUT2D eigenvalue weighted by Gasteiger charge is -2.22. The molecule has 0 aliphatic rings. The maximum atomic E-state index is 11.0. The van der Waals surface area contributed by atoms with Crippen molar-refractivity contribution in [2.75, 3.05) is 18.5 Å². The minimum Gasteiger partial charge on any atom is -0.368 e. The summed E-state index contributed by atoms with van der Waals surface area (Å²) < 4.78 is 0. The van der Waals surface area contributed by atoms with Crippen molar-refractivity contribution in [1.82, 2.24) is 5.32 Å². The van der Waals surface area contributed by atoms with Crippen LogP contribution in [0.25, 0.3) is 0 Å². The van der Waals surface area contributed by atoms with Crippen LogP contribution in [-0.4, -0.2) is 25.5 Å². The Labute approximate surface area is 113 Å². The molecule has 0 radical (unpaired) electrons. The number of hydrogen-bond donors (Lipinski definition) is 2. The molecule has 0 fully saturated rings. The van der Waals surface area contributed by atoms with Gasteiger partial charge in [-0.2, -0.15) is 0 Å². The molecule has 0 aliphatic carbocycles. The van der Waals surface area contributed by atoms with Crippen LogP contribution in [0.3, 0.4) is 0 Å². The molecule has 18 heavy (non-hydrogen) atoms. The van der Waals surface area contributed by atoms with Crippen LogP contribution in [0.15, 0.2) is 18.2 Å². The van der Waals surface area contributed by atoms with Gasteiger partial charge < -0.3 is 16.0 Å². The summed E-state index contributed by atoms with van der Waals surface area (Å²) >= 11 is 6.21. The Bertz CT molecular complexity index is 421. The van der Waals surface area contributed by atoms with Gasteiger partial charge in [-0.15, -0.1) is 0 Å². The number of rotatable bonds is 6. The number of benzene rings is 1. The Morgan fingerprint density at radius 1 is 1.50 bits per heavy atom. The fourth-order valence-corrected chi connectivity index (χ4v) is 1.94. The van der Waals surface area contributed by atoms with Crippen LogP contribution in [0, 0.1) is 0 Å². The number of halogens is 1. The maximum absolute atomic E-state index is 11.0. The Hall–Kier alpha value is -1.26. The third-order valence-corrected chi connectivity index (χ3v) is 2.94. The van der Waals surface area contributed by atoms with Gasteiger partial charge in [-0.3, -0.25) is 4.79 Å². The summed E-state index contributed by atoms with van der Waals surface area (Å²) in [5.41, 5.74) is 7.12. The van der Waals surface area contributed by atoms with Gasteiger partial charge >= 0.3 is 0 Å². The predicted molar refractivity (Wildman–Crippen MR) is 75.9 cm³/mol. The van der Waals surface area contributed by atoms with E-state index in [0.29, 0.717) is 17.6 Å². The molecule has 1 amide bonds. The molecule has 0 saturated carbocycles. The molecule has 0 bridgehead atoms. The smallest absolute Gasteiger partial charge is 0.236 e. The topological polar surface area (TPSA) is 58.4 Å². The first-order chi connectivity index (χ1) is 8.41. The summed E-state index contributed by atoms with van der Waals surface area (Å²) in [6, 6.07) is 6.02. The molecule has 0 spiro atoms. The van der Waals surface area contributed by atoms with Crippen LogP contribution in [0.1, 0.15) is 19.4 Å². The van der Waals surface area contributed by atoms with Gasteiger partial charge in [0.25, 0.3) is 0 Å². The van der Waals surface area contributed by atoms with Crippen LogP contribution >= 0.6 is 11.6 Å². The Balaban J connectivity index is 2.95.